The highest BCUT2D eigenvalue weighted by Crippen LogP contribution is 2.27. The van der Waals surface area contributed by atoms with E-state index in [0.29, 0.717) is 6.42 Å². The van der Waals surface area contributed by atoms with Gasteiger partial charge in [0.05, 0.1) is 6.10 Å². The van der Waals surface area contributed by atoms with Crippen molar-refractivity contribution < 1.29 is 10.0 Å². The molecular weight excluding hydrogens is 158 g/mol. The van der Waals surface area contributed by atoms with Crippen molar-refractivity contribution >= 4 is 0 Å². The topological polar surface area (TPSA) is 63.4 Å². The highest BCUT2D eigenvalue weighted by atomic mass is 16.6. The lowest BCUT2D eigenvalue weighted by molar-refractivity contribution is -0.529. The Labute approximate surface area is 71.7 Å². The minimum Gasteiger partial charge on any atom is -0.393 e. The van der Waals surface area contributed by atoms with Crippen LogP contribution in [0.2, 0.25) is 0 Å². The van der Waals surface area contributed by atoms with Crippen molar-refractivity contribution in [3.63, 3.8) is 0 Å². The Hall–Kier alpha value is -0.640. The molecule has 1 fully saturated rings. The molecule has 0 aliphatic heterocycles. The molecular formula is C8H15NO3. The van der Waals surface area contributed by atoms with Crippen molar-refractivity contribution in [3.8, 4) is 0 Å². The van der Waals surface area contributed by atoms with Gasteiger partial charge in [-0.1, -0.05) is 6.42 Å². The van der Waals surface area contributed by atoms with E-state index in [9.17, 15) is 15.2 Å². The van der Waals surface area contributed by atoms with Crippen molar-refractivity contribution in [3.05, 3.63) is 10.1 Å². The Kier molecular flexibility index (Phi) is 3.03. The van der Waals surface area contributed by atoms with Gasteiger partial charge >= 0.3 is 0 Å². The molecule has 4 heteroatoms. The number of aliphatic hydroxyl groups excluding tert-OH is 1. The van der Waals surface area contributed by atoms with Crippen molar-refractivity contribution in [2.45, 2.75) is 44.8 Å². The predicted octanol–water partition coefficient (Wildman–Crippen LogP) is 1.20. The summed E-state index contributed by atoms with van der Waals surface area (Å²) in [5, 5.41) is 19.7. The molecule has 4 nitrogen and oxygen atoms in total. The minimum absolute atomic E-state index is 0.0729. The van der Waals surface area contributed by atoms with Crippen LogP contribution in [-0.4, -0.2) is 22.2 Å². The van der Waals surface area contributed by atoms with E-state index >= 15 is 0 Å². The van der Waals surface area contributed by atoms with Gasteiger partial charge in [0.15, 0.2) is 0 Å². The largest absolute Gasteiger partial charge is 0.393 e. The molecule has 70 valence electrons. The van der Waals surface area contributed by atoms with Crippen LogP contribution in [-0.2, 0) is 0 Å². The molecule has 0 heterocycles. The van der Waals surface area contributed by atoms with E-state index in [4.69, 9.17) is 0 Å². The molecule has 1 rings (SSSR count). The monoisotopic (exact) mass is 173 g/mol. The number of hydrogen-bond acceptors (Lipinski definition) is 3. The Bertz CT molecular complexity index is 172. The number of rotatable bonds is 2. The van der Waals surface area contributed by atoms with Gasteiger partial charge < -0.3 is 5.11 Å². The number of aliphatic hydroxyl groups is 1. The third-order valence-electron chi connectivity index (χ3n) is 2.70. The molecule has 1 aliphatic rings. The van der Waals surface area contributed by atoms with Crippen LogP contribution in [0.1, 0.15) is 32.6 Å². The van der Waals surface area contributed by atoms with Gasteiger partial charge in [-0.25, -0.2) is 0 Å². The number of nitrogens with zero attached hydrogens (tertiary/aromatic N) is 1. The maximum absolute atomic E-state index is 10.4. The lowest BCUT2D eigenvalue weighted by Crippen LogP contribution is -2.32. The number of hydrogen-bond donors (Lipinski definition) is 1. The first kappa shape index (κ1) is 9.45. The van der Waals surface area contributed by atoms with Crippen LogP contribution >= 0.6 is 0 Å². The molecule has 0 spiro atoms. The highest BCUT2D eigenvalue weighted by molar-refractivity contribution is 4.75. The van der Waals surface area contributed by atoms with Gasteiger partial charge in [-0.2, -0.15) is 0 Å². The quantitative estimate of drug-likeness (QED) is 0.504. The average Bonchev–Trinajstić information content (AvgIpc) is 2.03. The van der Waals surface area contributed by atoms with Gasteiger partial charge in [0.1, 0.15) is 0 Å². The Morgan fingerprint density at radius 3 is 2.75 bits per heavy atom. The van der Waals surface area contributed by atoms with Crippen LogP contribution in [0.3, 0.4) is 0 Å². The smallest absolute Gasteiger partial charge is 0.213 e. The predicted molar refractivity (Wildman–Crippen MR) is 44.4 cm³/mol. The highest BCUT2D eigenvalue weighted by Gasteiger charge is 2.31. The molecule has 0 aromatic heterocycles. The minimum atomic E-state index is -0.500. The molecule has 0 radical (unpaired) electrons. The van der Waals surface area contributed by atoms with Gasteiger partial charge in [0, 0.05) is 17.8 Å². The summed E-state index contributed by atoms with van der Waals surface area (Å²) in [5.74, 6) is 0.0729. The lowest BCUT2D eigenvalue weighted by Gasteiger charge is -2.25. The summed E-state index contributed by atoms with van der Waals surface area (Å²) in [6.07, 6.45) is 2.90. The normalized spacial score (nSPS) is 32.8. The van der Waals surface area contributed by atoms with Gasteiger partial charge in [-0.3, -0.25) is 10.1 Å². The second kappa shape index (κ2) is 3.85. The number of nitro groups is 1. The van der Waals surface area contributed by atoms with E-state index in [0.717, 1.165) is 19.3 Å². The zero-order valence-corrected chi connectivity index (χ0v) is 7.27. The molecule has 0 saturated heterocycles. The van der Waals surface area contributed by atoms with Crippen LogP contribution in [0.4, 0.5) is 0 Å². The standard InChI is InChI=1S/C8H15NO3/c1-6(9(11)12)7-3-2-4-8(10)5-7/h6-8,10H,2-5H2,1H3/t6?,7-,8+/m1/s1. The fraction of sp³-hybridized carbons (Fsp3) is 1.00. The molecule has 1 saturated carbocycles. The molecule has 1 unspecified atom stereocenters. The van der Waals surface area contributed by atoms with E-state index in [2.05, 4.69) is 0 Å². The summed E-state index contributed by atoms with van der Waals surface area (Å²) >= 11 is 0. The summed E-state index contributed by atoms with van der Waals surface area (Å²) in [6, 6.07) is -0.500. The Morgan fingerprint density at radius 2 is 2.25 bits per heavy atom. The van der Waals surface area contributed by atoms with Crippen molar-refractivity contribution in [1.82, 2.24) is 0 Å². The van der Waals surface area contributed by atoms with Crippen LogP contribution in [0.25, 0.3) is 0 Å². The summed E-state index contributed by atoms with van der Waals surface area (Å²) in [5.41, 5.74) is 0. The molecule has 1 N–H and O–H groups in total. The first-order valence-electron chi connectivity index (χ1n) is 4.43. The summed E-state index contributed by atoms with van der Waals surface area (Å²) in [4.78, 5) is 10.2. The van der Waals surface area contributed by atoms with Crippen LogP contribution < -0.4 is 0 Å². The first-order chi connectivity index (χ1) is 5.61. The Balaban J connectivity index is 2.45. The van der Waals surface area contributed by atoms with E-state index in [1.54, 1.807) is 6.92 Å². The average molecular weight is 173 g/mol. The summed E-state index contributed by atoms with van der Waals surface area (Å²) < 4.78 is 0. The summed E-state index contributed by atoms with van der Waals surface area (Å²) in [6.45, 7) is 1.63. The maximum Gasteiger partial charge on any atom is 0.213 e. The van der Waals surface area contributed by atoms with Crippen molar-refractivity contribution in [2.24, 2.45) is 5.92 Å². The maximum atomic E-state index is 10.4. The molecule has 12 heavy (non-hydrogen) atoms. The van der Waals surface area contributed by atoms with Gasteiger partial charge in [-0.05, 0) is 19.3 Å². The van der Waals surface area contributed by atoms with Crippen LogP contribution in [0.5, 0.6) is 0 Å². The van der Waals surface area contributed by atoms with Gasteiger partial charge in [0.25, 0.3) is 0 Å². The lowest BCUT2D eigenvalue weighted by atomic mass is 9.83. The molecule has 0 amide bonds. The van der Waals surface area contributed by atoms with E-state index in [1.165, 1.54) is 0 Å². The zero-order valence-electron chi connectivity index (χ0n) is 7.27. The third-order valence-corrected chi connectivity index (χ3v) is 2.70. The molecule has 3 atom stereocenters. The second-order valence-electron chi connectivity index (χ2n) is 3.61. The SMILES string of the molecule is CC([C@@H]1CCC[C@H](O)C1)[N+](=O)[O-]. The molecule has 0 aromatic rings. The fourth-order valence-corrected chi connectivity index (χ4v) is 1.81. The zero-order chi connectivity index (χ0) is 9.14. The van der Waals surface area contributed by atoms with Crippen LogP contribution in [0.15, 0.2) is 0 Å². The molecule has 1 aliphatic carbocycles. The van der Waals surface area contributed by atoms with Crippen LogP contribution in [0, 0.1) is 16.0 Å². The third kappa shape index (κ3) is 2.17. The van der Waals surface area contributed by atoms with E-state index in [1.807, 2.05) is 0 Å². The van der Waals surface area contributed by atoms with Gasteiger partial charge in [-0.15, -0.1) is 0 Å². The second-order valence-corrected chi connectivity index (χ2v) is 3.61. The summed E-state index contributed by atoms with van der Waals surface area (Å²) in [7, 11) is 0. The molecule has 0 aromatic carbocycles. The Morgan fingerprint density at radius 1 is 1.58 bits per heavy atom. The van der Waals surface area contributed by atoms with E-state index < -0.39 is 6.04 Å². The first-order valence-corrected chi connectivity index (χ1v) is 4.43. The van der Waals surface area contributed by atoms with Gasteiger partial charge in [0.2, 0.25) is 6.04 Å². The molecule has 0 bridgehead atoms. The van der Waals surface area contributed by atoms with E-state index in [-0.39, 0.29) is 16.9 Å². The fourth-order valence-electron chi connectivity index (χ4n) is 1.81. The van der Waals surface area contributed by atoms with Crippen molar-refractivity contribution in [1.29, 1.82) is 0 Å². The van der Waals surface area contributed by atoms with Crippen molar-refractivity contribution in [2.75, 3.05) is 0 Å².